The fourth-order valence-electron chi connectivity index (χ4n) is 1.65. The zero-order valence-corrected chi connectivity index (χ0v) is 12.9. The third-order valence-electron chi connectivity index (χ3n) is 2.56. The van der Waals surface area contributed by atoms with E-state index in [1.165, 1.54) is 12.1 Å². The molecule has 8 nitrogen and oxygen atoms in total. The molecule has 3 N–H and O–H groups in total. The lowest BCUT2D eigenvalue weighted by Crippen LogP contribution is -2.36. The Balaban J connectivity index is 3.31. The van der Waals surface area contributed by atoms with E-state index in [1.54, 1.807) is 6.92 Å². The summed E-state index contributed by atoms with van der Waals surface area (Å²) in [6, 6.07) is 4.50. The molecular formula is C11H16N2O6S2. The summed E-state index contributed by atoms with van der Waals surface area (Å²) in [4.78, 5) is 10.1. The number of rotatable bonds is 7. The van der Waals surface area contributed by atoms with Gasteiger partial charge in [0.15, 0.2) is 0 Å². The Morgan fingerprint density at radius 3 is 2.29 bits per heavy atom. The molecule has 0 aliphatic carbocycles. The number of primary sulfonamides is 1. The fraction of sp³-hybridized carbons (Fsp3) is 0.364. The van der Waals surface area contributed by atoms with Crippen LogP contribution in [-0.4, -0.2) is 45.3 Å². The van der Waals surface area contributed by atoms with E-state index >= 15 is 0 Å². The molecule has 0 saturated heterocycles. The molecular weight excluding hydrogens is 320 g/mol. The largest absolute Gasteiger partial charge is 0.480 e. The molecule has 1 aromatic rings. The van der Waals surface area contributed by atoms with Crippen LogP contribution in [0.3, 0.4) is 0 Å². The van der Waals surface area contributed by atoms with E-state index in [2.05, 4.69) is 0 Å². The summed E-state index contributed by atoms with van der Waals surface area (Å²) in [7, 11) is -8.15. The minimum Gasteiger partial charge on any atom is -0.480 e. The van der Waals surface area contributed by atoms with Gasteiger partial charge in [-0.2, -0.15) is 4.31 Å². The van der Waals surface area contributed by atoms with Gasteiger partial charge < -0.3 is 5.11 Å². The molecule has 0 bridgehead atoms. The van der Waals surface area contributed by atoms with Crippen LogP contribution < -0.4 is 5.14 Å². The lowest BCUT2D eigenvalue weighted by atomic mass is 10.4. The van der Waals surface area contributed by atoms with Crippen LogP contribution in [0.2, 0.25) is 0 Å². The van der Waals surface area contributed by atoms with Gasteiger partial charge in [0, 0.05) is 6.54 Å². The Bertz CT molecular complexity index is 727. The van der Waals surface area contributed by atoms with E-state index in [1.807, 2.05) is 0 Å². The molecule has 118 valence electrons. The predicted molar refractivity (Wildman–Crippen MR) is 74.5 cm³/mol. The van der Waals surface area contributed by atoms with Crippen molar-refractivity contribution in [3.8, 4) is 0 Å². The summed E-state index contributed by atoms with van der Waals surface area (Å²) in [6.07, 6.45) is 0.418. The average molecular weight is 336 g/mol. The molecule has 0 unspecified atom stereocenters. The lowest BCUT2D eigenvalue weighted by molar-refractivity contribution is -0.137. The maximum absolute atomic E-state index is 12.4. The van der Waals surface area contributed by atoms with Gasteiger partial charge in [0.05, 0.1) is 9.79 Å². The van der Waals surface area contributed by atoms with Crippen molar-refractivity contribution in [2.75, 3.05) is 13.1 Å². The highest BCUT2D eigenvalue weighted by Crippen LogP contribution is 2.19. The summed E-state index contributed by atoms with van der Waals surface area (Å²) in [5.74, 6) is -1.30. The summed E-state index contributed by atoms with van der Waals surface area (Å²) in [5.41, 5.74) is 0. The third-order valence-corrected chi connectivity index (χ3v) is 5.31. The highest BCUT2D eigenvalue weighted by Gasteiger charge is 2.26. The van der Waals surface area contributed by atoms with Crippen molar-refractivity contribution in [2.45, 2.75) is 23.1 Å². The average Bonchev–Trinajstić information content (AvgIpc) is 2.37. The van der Waals surface area contributed by atoms with Crippen molar-refractivity contribution in [3.63, 3.8) is 0 Å². The molecule has 0 heterocycles. The minimum absolute atomic E-state index is 0.00817. The normalized spacial score (nSPS) is 12.5. The fourth-order valence-corrected chi connectivity index (χ4v) is 3.81. The van der Waals surface area contributed by atoms with Crippen molar-refractivity contribution >= 4 is 26.0 Å². The molecule has 0 saturated carbocycles. The van der Waals surface area contributed by atoms with Crippen LogP contribution >= 0.6 is 0 Å². The van der Waals surface area contributed by atoms with Crippen LogP contribution in [0.25, 0.3) is 0 Å². The van der Waals surface area contributed by atoms with E-state index in [4.69, 9.17) is 10.2 Å². The summed E-state index contributed by atoms with van der Waals surface area (Å²) >= 11 is 0. The van der Waals surface area contributed by atoms with Crippen molar-refractivity contribution in [1.82, 2.24) is 4.31 Å². The highest BCUT2D eigenvalue weighted by atomic mass is 32.2. The maximum atomic E-state index is 12.4. The van der Waals surface area contributed by atoms with Gasteiger partial charge in [0.1, 0.15) is 6.54 Å². The summed E-state index contributed by atoms with van der Waals surface area (Å²) in [6.45, 7) is 1.01. The quantitative estimate of drug-likeness (QED) is 0.709. The molecule has 0 aliphatic rings. The first-order valence-corrected chi connectivity index (χ1v) is 8.92. The Labute approximate surface area is 123 Å². The number of aliphatic carboxylic acids is 1. The predicted octanol–water partition coefficient (Wildman–Crippen LogP) is -0.181. The Kier molecular flexibility index (Phi) is 5.45. The molecule has 0 spiro atoms. The number of hydrogen-bond acceptors (Lipinski definition) is 5. The minimum atomic E-state index is -4.11. The van der Waals surface area contributed by atoms with Crippen LogP contribution in [0, 0.1) is 0 Å². The number of benzene rings is 1. The van der Waals surface area contributed by atoms with Gasteiger partial charge in [-0.15, -0.1) is 0 Å². The van der Waals surface area contributed by atoms with Gasteiger partial charge in [-0.25, -0.2) is 22.0 Å². The van der Waals surface area contributed by atoms with Crippen molar-refractivity contribution in [3.05, 3.63) is 24.3 Å². The van der Waals surface area contributed by atoms with Gasteiger partial charge in [-0.05, 0) is 24.6 Å². The van der Waals surface area contributed by atoms with Crippen LogP contribution in [0.4, 0.5) is 0 Å². The van der Waals surface area contributed by atoms with Crippen LogP contribution in [0.1, 0.15) is 13.3 Å². The number of carboxylic acid groups (broad SMARTS) is 1. The zero-order chi connectivity index (χ0) is 16.3. The first-order chi connectivity index (χ1) is 9.59. The standard InChI is InChI=1S/C11H16N2O6S2/c1-2-6-13(8-11(14)15)21(18,19)10-5-3-4-9(7-10)20(12,16)17/h3-5,7H,2,6,8H2,1H3,(H,14,15)(H2,12,16,17). The molecule has 1 rings (SSSR count). The SMILES string of the molecule is CCCN(CC(=O)O)S(=O)(=O)c1cccc(S(N)(=O)=O)c1. The summed E-state index contributed by atoms with van der Waals surface area (Å²) in [5, 5.41) is 13.7. The highest BCUT2D eigenvalue weighted by molar-refractivity contribution is 7.90. The smallest absolute Gasteiger partial charge is 0.318 e. The van der Waals surface area contributed by atoms with Crippen LogP contribution in [0.15, 0.2) is 34.1 Å². The molecule has 0 atom stereocenters. The first kappa shape index (κ1) is 17.6. The van der Waals surface area contributed by atoms with Gasteiger partial charge in [-0.3, -0.25) is 4.79 Å². The number of hydrogen-bond donors (Lipinski definition) is 2. The Hall–Kier alpha value is -1.49. The number of sulfonamides is 2. The topological polar surface area (TPSA) is 135 Å². The molecule has 10 heteroatoms. The number of carboxylic acids is 1. The van der Waals surface area contributed by atoms with Gasteiger partial charge >= 0.3 is 5.97 Å². The van der Waals surface area contributed by atoms with Gasteiger partial charge in [0.2, 0.25) is 20.0 Å². The van der Waals surface area contributed by atoms with Gasteiger partial charge in [0.25, 0.3) is 0 Å². The first-order valence-electron chi connectivity index (χ1n) is 5.94. The van der Waals surface area contributed by atoms with E-state index in [0.29, 0.717) is 6.42 Å². The molecule has 0 aromatic heterocycles. The Morgan fingerprint density at radius 2 is 1.81 bits per heavy atom. The van der Waals surface area contributed by atoms with Crippen LogP contribution in [-0.2, 0) is 24.8 Å². The van der Waals surface area contributed by atoms with E-state index < -0.39 is 32.6 Å². The maximum Gasteiger partial charge on any atom is 0.318 e. The molecule has 0 amide bonds. The van der Waals surface area contributed by atoms with E-state index in [0.717, 1.165) is 16.4 Å². The number of nitrogens with two attached hydrogens (primary N) is 1. The number of nitrogens with zero attached hydrogens (tertiary/aromatic N) is 1. The molecule has 1 aromatic carbocycles. The van der Waals surface area contributed by atoms with E-state index in [-0.39, 0.29) is 16.3 Å². The second kappa shape index (κ2) is 6.52. The molecule has 0 fully saturated rings. The second-order valence-electron chi connectivity index (χ2n) is 4.25. The molecule has 21 heavy (non-hydrogen) atoms. The van der Waals surface area contributed by atoms with Crippen molar-refractivity contribution < 1.29 is 26.7 Å². The third kappa shape index (κ3) is 4.49. The zero-order valence-electron chi connectivity index (χ0n) is 11.3. The number of carbonyl (C=O) groups is 1. The van der Waals surface area contributed by atoms with Crippen LogP contribution in [0.5, 0.6) is 0 Å². The van der Waals surface area contributed by atoms with Crippen molar-refractivity contribution in [1.29, 1.82) is 0 Å². The van der Waals surface area contributed by atoms with E-state index in [9.17, 15) is 21.6 Å². The summed E-state index contributed by atoms with van der Waals surface area (Å²) < 4.78 is 48.0. The van der Waals surface area contributed by atoms with Gasteiger partial charge in [-0.1, -0.05) is 13.0 Å². The Morgan fingerprint density at radius 1 is 1.24 bits per heavy atom. The molecule has 0 aliphatic heterocycles. The van der Waals surface area contributed by atoms with Crippen molar-refractivity contribution in [2.24, 2.45) is 5.14 Å². The lowest BCUT2D eigenvalue weighted by Gasteiger charge is -2.19. The molecule has 0 radical (unpaired) electrons. The second-order valence-corrected chi connectivity index (χ2v) is 7.75. The monoisotopic (exact) mass is 336 g/mol.